The van der Waals surface area contributed by atoms with Crippen LogP contribution in [0.1, 0.15) is 26.7 Å². The van der Waals surface area contributed by atoms with E-state index >= 15 is 0 Å². The first kappa shape index (κ1) is 12.7. The van der Waals surface area contributed by atoms with Crippen molar-refractivity contribution >= 4 is 11.9 Å². The summed E-state index contributed by atoms with van der Waals surface area (Å²) in [5.41, 5.74) is 0. The van der Waals surface area contributed by atoms with Gasteiger partial charge in [0.25, 0.3) is 0 Å². The Labute approximate surface area is 94.4 Å². The van der Waals surface area contributed by atoms with Gasteiger partial charge in [-0.05, 0) is 26.7 Å². The SMILES string of the molecule is CCOC(C)OC(=O)/C=C\OC(=O)C1CC1. The first-order valence-corrected chi connectivity index (χ1v) is 5.32. The van der Waals surface area contributed by atoms with Crippen LogP contribution in [-0.2, 0) is 23.8 Å². The second kappa shape index (κ2) is 6.27. The molecule has 0 spiro atoms. The molecule has 1 saturated carbocycles. The number of ether oxygens (including phenoxy) is 3. The van der Waals surface area contributed by atoms with Crippen LogP contribution in [0, 0.1) is 5.92 Å². The summed E-state index contributed by atoms with van der Waals surface area (Å²) in [6.07, 6.45) is 3.27. The van der Waals surface area contributed by atoms with Crippen LogP contribution in [0.15, 0.2) is 12.3 Å². The van der Waals surface area contributed by atoms with Gasteiger partial charge in [0.1, 0.15) is 6.26 Å². The molecule has 1 atom stereocenters. The largest absolute Gasteiger partial charge is 0.434 e. The molecule has 0 aromatic heterocycles. The van der Waals surface area contributed by atoms with Crippen LogP contribution in [0.25, 0.3) is 0 Å². The van der Waals surface area contributed by atoms with E-state index in [-0.39, 0.29) is 11.9 Å². The van der Waals surface area contributed by atoms with Crippen LogP contribution in [0.4, 0.5) is 0 Å². The Morgan fingerprint density at radius 3 is 2.69 bits per heavy atom. The van der Waals surface area contributed by atoms with Crippen molar-refractivity contribution in [2.45, 2.75) is 33.0 Å². The summed E-state index contributed by atoms with van der Waals surface area (Å²) in [4.78, 5) is 22.2. The van der Waals surface area contributed by atoms with Crippen LogP contribution in [-0.4, -0.2) is 24.8 Å². The fourth-order valence-electron chi connectivity index (χ4n) is 1.04. The van der Waals surface area contributed by atoms with Crippen LogP contribution in [0.3, 0.4) is 0 Å². The Bertz CT molecular complexity index is 280. The maximum atomic E-state index is 11.1. The van der Waals surface area contributed by atoms with E-state index in [0.29, 0.717) is 6.61 Å². The summed E-state index contributed by atoms with van der Waals surface area (Å²) in [7, 11) is 0. The molecule has 5 heteroatoms. The minimum Gasteiger partial charge on any atom is -0.434 e. The molecule has 0 aromatic carbocycles. The molecular weight excluding hydrogens is 212 g/mol. The Balaban J connectivity index is 2.16. The first-order valence-electron chi connectivity index (χ1n) is 5.32. The summed E-state index contributed by atoms with van der Waals surface area (Å²) < 4.78 is 14.5. The Hall–Kier alpha value is -1.36. The second-order valence-corrected chi connectivity index (χ2v) is 3.47. The van der Waals surface area contributed by atoms with Gasteiger partial charge in [0.2, 0.25) is 0 Å². The summed E-state index contributed by atoms with van der Waals surface area (Å²) in [6.45, 7) is 3.89. The maximum absolute atomic E-state index is 11.1. The van der Waals surface area contributed by atoms with Crippen molar-refractivity contribution in [3.05, 3.63) is 12.3 Å². The quantitative estimate of drug-likeness (QED) is 0.297. The third-order valence-electron chi connectivity index (χ3n) is 1.98. The fourth-order valence-corrected chi connectivity index (χ4v) is 1.04. The molecule has 1 fully saturated rings. The predicted molar refractivity (Wildman–Crippen MR) is 55.1 cm³/mol. The van der Waals surface area contributed by atoms with Gasteiger partial charge in [-0.2, -0.15) is 0 Å². The zero-order valence-corrected chi connectivity index (χ0v) is 9.47. The van der Waals surface area contributed by atoms with Crippen LogP contribution < -0.4 is 0 Å². The van der Waals surface area contributed by atoms with E-state index < -0.39 is 12.3 Å². The number of hydrogen-bond donors (Lipinski definition) is 0. The smallest absolute Gasteiger partial charge is 0.336 e. The van der Waals surface area contributed by atoms with E-state index in [1.54, 1.807) is 13.8 Å². The van der Waals surface area contributed by atoms with Gasteiger partial charge in [-0.1, -0.05) is 0 Å². The number of rotatable bonds is 6. The van der Waals surface area contributed by atoms with E-state index in [1.165, 1.54) is 0 Å². The van der Waals surface area contributed by atoms with Gasteiger partial charge < -0.3 is 14.2 Å². The molecule has 0 aliphatic heterocycles. The van der Waals surface area contributed by atoms with E-state index in [0.717, 1.165) is 25.2 Å². The third-order valence-corrected chi connectivity index (χ3v) is 1.98. The van der Waals surface area contributed by atoms with E-state index in [9.17, 15) is 9.59 Å². The van der Waals surface area contributed by atoms with Crippen molar-refractivity contribution in [1.82, 2.24) is 0 Å². The lowest BCUT2D eigenvalue weighted by Gasteiger charge is -2.10. The molecule has 5 nitrogen and oxygen atoms in total. The molecule has 0 amide bonds. The first-order chi connectivity index (χ1) is 7.63. The lowest BCUT2D eigenvalue weighted by molar-refractivity contribution is -0.167. The van der Waals surface area contributed by atoms with E-state index in [4.69, 9.17) is 14.2 Å². The lowest BCUT2D eigenvalue weighted by Crippen LogP contribution is -2.16. The normalized spacial score (nSPS) is 17.1. The number of hydrogen-bond acceptors (Lipinski definition) is 5. The van der Waals surface area contributed by atoms with E-state index in [1.807, 2.05) is 0 Å². The molecule has 1 unspecified atom stereocenters. The minimum absolute atomic E-state index is 0.0167. The lowest BCUT2D eigenvalue weighted by atomic mass is 10.4. The average molecular weight is 228 g/mol. The van der Waals surface area contributed by atoms with E-state index in [2.05, 4.69) is 0 Å². The summed E-state index contributed by atoms with van der Waals surface area (Å²) in [6, 6.07) is 0. The number of carbonyl (C=O) groups excluding carboxylic acids is 2. The zero-order valence-electron chi connectivity index (χ0n) is 9.47. The van der Waals surface area contributed by atoms with Crippen molar-refractivity contribution in [2.24, 2.45) is 5.92 Å². The molecule has 1 aliphatic carbocycles. The van der Waals surface area contributed by atoms with Crippen LogP contribution in [0.2, 0.25) is 0 Å². The Kier molecular flexibility index (Phi) is 4.98. The summed E-state index contributed by atoms with van der Waals surface area (Å²) >= 11 is 0. The molecular formula is C11H16O5. The molecule has 16 heavy (non-hydrogen) atoms. The molecule has 1 aliphatic rings. The summed E-state index contributed by atoms with van der Waals surface area (Å²) in [5, 5.41) is 0. The molecule has 0 bridgehead atoms. The van der Waals surface area contributed by atoms with Crippen molar-refractivity contribution < 1.29 is 23.8 Å². The van der Waals surface area contributed by atoms with Crippen LogP contribution >= 0.6 is 0 Å². The highest BCUT2D eigenvalue weighted by Gasteiger charge is 2.30. The molecule has 90 valence electrons. The van der Waals surface area contributed by atoms with Crippen molar-refractivity contribution in [1.29, 1.82) is 0 Å². The molecule has 0 N–H and O–H groups in total. The van der Waals surface area contributed by atoms with Gasteiger partial charge in [-0.15, -0.1) is 0 Å². The second-order valence-electron chi connectivity index (χ2n) is 3.47. The highest BCUT2D eigenvalue weighted by Crippen LogP contribution is 2.30. The van der Waals surface area contributed by atoms with Crippen molar-refractivity contribution in [3.8, 4) is 0 Å². The topological polar surface area (TPSA) is 61.8 Å². The van der Waals surface area contributed by atoms with Gasteiger partial charge in [0.05, 0.1) is 12.0 Å². The van der Waals surface area contributed by atoms with Gasteiger partial charge in [0.15, 0.2) is 6.29 Å². The van der Waals surface area contributed by atoms with Gasteiger partial charge >= 0.3 is 11.9 Å². The maximum Gasteiger partial charge on any atom is 0.336 e. The number of carbonyl (C=O) groups is 2. The fraction of sp³-hybridized carbons (Fsp3) is 0.636. The Morgan fingerprint density at radius 2 is 2.12 bits per heavy atom. The van der Waals surface area contributed by atoms with Crippen LogP contribution in [0.5, 0.6) is 0 Å². The zero-order chi connectivity index (χ0) is 12.0. The third kappa shape index (κ3) is 4.93. The molecule has 0 heterocycles. The molecule has 0 radical (unpaired) electrons. The molecule has 1 rings (SSSR count). The van der Waals surface area contributed by atoms with Gasteiger partial charge in [0, 0.05) is 6.61 Å². The monoisotopic (exact) mass is 228 g/mol. The molecule has 0 aromatic rings. The van der Waals surface area contributed by atoms with Gasteiger partial charge in [-0.3, -0.25) is 4.79 Å². The predicted octanol–water partition coefficient (Wildman–Crippen LogP) is 1.38. The Morgan fingerprint density at radius 1 is 1.44 bits per heavy atom. The highest BCUT2D eigenvalue weighted by molar-refractivity contribution is 5.82. The van der Waals surface area contributed by atoms with Crippen molar-refractivity contribution in [2.75, 3.05) is 6.61 Å². The molecule has 0 saturated heterocycles. The highest BCUT2D eigenvalue weighted by atomic mass is 16.7. The average Bonchev–Trinajstić information content (AvgIpc) is 3.00. The standard InChI is InChI=1S/C11H16O5/c1-3-14-8(2)16-10(12)6-7-15-11(13)9-4-5-9/h6-9H,3-5H2,1-2H3/b7-6-. The van der Waals surface area contributed by atoms with Gasteiger partial charge in [-0.25, -0.2) is 4.79 Å². The van der Waals surface area contributed by atoms with Crippen molar-refractivity contribution in [3.63, 3.8) is 0 Å². The number of esters is 2. The minimum atomic E-state index is -0.596. The summed E-state index contributed by atoms with van der Waals surface area (Å²) in [5.74, 6) is -0.866.